The van der Waals surface area contributed by atoms with Crippen molar-refractivity contribution in [2.45, 2.75) is 13.3 Å². The van der Waals surface area contributed by atoms with E-state index < -0.39 is 0 Å². The smallest absolute Gasteiger partial charge is 0.155 e. The van der Waals surface area contributed by atoms with Crippen LogP contribution in [0.4, 0.5) is 0 Å². The van der Waals surface area contributed by atoms with Crippen LogP contribution >= 0.6 is 22.9 Å². The Morgan fingerprint density at radius 2 is 2.33 bits per heavy atom. The molecular weight excluding hydrogens is 270 g/mol. The van der Waals surface area contributed by atoms with E-state index >= 15 is 0 Å². The maximum absolute atomic E-state index is 10.9. The maximum Gasteiger partial charge on any atom is 0.155 e. The van der Waals surface area contributed by atoms with Crippen LogP contribution in [0.3, 0.4) is 0 Å². The highest BCUT2D eigenvalue weighted by molar-refractivity contribution is 7.09. The molecule has 0 atom stereocenters. The number of nitrogens with zero attached hydrogens (tertiary/aromatic N) is 1. The van der Waals surface area contributed by atoms with Crippen molar-refractivity contribution in [3.8, 4) is 5.75 Å². The van der Waals surface area contributed by atoms with Crippen LogP contribution in [0.25, 0.3) is 0 Å². The van der Waals surface area contributed by atoms with Gasteiger partial charge in [0.25, 0.3) is 0 Å². The van der Waals surface area contributed by atoms with Crippen molar-refractivity contribution in [1.82, 2.24) is 4.98 Å². The van der Waals surface area contributed by atoms with Gasteiger partial charge in [-0.3, -0.25) is 4.79 Å². The fourth-order valence-corrected chi connectivity index (χ4v) is 2.55. The number of benzene rings is 1. The summed E-state index contributed by atoms with van der Waals surface area (Å²) in [5.74, 6) is 0.527. The lowest BCUT2D eigenvalue weighted by molar-refractivity contribution is 0.112. The Bertz CT molecular complexity index is 554. The van der Waals surface area contributed by atoms with Crippen LogP contribution in [0.15, 0.2) is 23.7 Å². The molecule has 2 aromatic rings. The number of aromatic nitrogens is 1. The van der Waals surface area contributed by atoms with Crippen LogP contribution in [-0.4, -0.2) is 17.9 Å². The molecule has 0 unspecified atom stereocenters. The van der Waals surface area contributed by atoms with Gasteiger partial charge in [-0.25, -0.2) is 4.98 Å². The minimum Gasteiger partial charge on any atom is -0.492 e. The van der Waals surface area contributed by atoms with Crippen LogP contribution in [0.1, 0.15) is 20.9 Å². The summed E-state index contributed by atoms with van der Waals surface area (Å²) >= 11 is 7.53. The molecule has 0 fully saturated rings. The fraction of sp³-hybridized carbons (Fsp3) is 0.231. The minimum atomic E-state index is 0.403. The summed E-state index contributed by atoms with van der Waals surface area (Å²) in [5.41, 5.74) is 3.26. The van der Waals surface area contributed by atoms with Crippen molar-refractivity contribution in [2.75, 3.05) is 6.61 Å². The second-order valence-corrected chi connectivity index (χ2v) is 5.08. The van der Waals surface area contributed by atoms with Gasteiger partial charge in [0.1, 0.15) is 5.75 Å². The first kappa shape index (κ1) is 13.1. The molecule has 0 aliphatic rings. The van der Waals surface area contributed by atoms with Crippen molar-refractivity contribution in [3.05, 3.63) is 44.9 Å². The number of hydrogen-bond donors (Lipinski definition) is 0. The molecule has 3 nitrogen and oxygen atoms in total. The average Bonchev–Trinajstić information content (AvgIpc) is 2.75. The summed E-state index contributed by atoms with van der Waals surface area (Å²) < 4.78 is 5.60. The van der Waals surface area contributed by atoms with E-state index in [1.54, 1.807) is 29.5 Å². The van der Waals surface area contributed by atoms with Gasteiger partial charge in [0.15, 0.2) is 6.29 Å². The largest absolute Gasteiger partial charge is 0.492 e. The summed E-state index contributed by atoms with van der Waals surface area (Å²) in [6, 6.07) is 5.18. The Hall–Kier alpha value is -1.39. The van der Waals surface area contributed by atoms with Crippen LogP contribution < -0.4 is 4.74 Å². The van der Waals surface area contributed by atoms with Crippen molar-refractivity contribution >= 4 is 29.2 Å². The summed E-state index contributed by atoms with van der Waals surface area (Å²) in [7, 11) is 0. The second-order valence-electron chi connectivity index (χ2n) is 3.73. The quantitative estimate of drug-likeness (QED) is 0.787. The monoisotopic (exact) mass is 281 g/mol. The van der Waals surface area contributed by atoms with Crippen molar-refractivity contribution in [2.24, 2.45) is 0 Å². The van der Waals surface area contributed by atoms with E-state index in [0.29, 0.717) is 22.9 Å². The first-order chi connectivity index (χ1) is 8.72. The zero-order chi connectivity index (χ0) is 13.0. The lowest BCUT2D eigenvalue weighted by Gasteiger charge is -2.08. The highest BCUT2D eigenvalue weighted by Gasteiger charge is 2.08. The van der Waals surface area contributed by atoms with Crippen LogP contribution in [0, 0.1) is 6.92 Å². The van der Waals surface area contributed by atoms with Gasteiger partial charge < -0.3 is 4.74 Å². The average molecular weight is 282 g/mol. The maximum atomic E-state index is 10.9. The highest BCUT2D eigenvalue weighted by atomic mass is 35.5. The van der Waals surface area contributed by atoms with E-state index in [0.717, 1.165) is 18.4 Å². The van der Waals surface area contributed by atoms with E-state index in [1.165, 1.54) is 4.88 Å². The predicted molar refractivity (Wildman–Crippen MR) is 72.9 cm³/mol. The molecule has 1 heterocycles. The van der Waals surface area contributed by atoms with Crippen molar-refractivity contribution < 1.29 is 9.53 Å². The zero-order valence-corrected chi connectivity index (χ0v) is 11.4. The SMILES string of the molecule is Cc1ncsc1CCOc1cccc(Cl)c1C=O. The molecule has 94 valence electrons. The summed E-state index contributed by atoms with van der Waals surface area (Å²) in [6.07, 6.45) is 1.50. The normalized spacial score (nSPS) is 10.3. The van der Waals surface area contributed by atoms with E-state index in [-0.39, 0.29) is 0 Å². The fourth-order valence-electron chi connectivity index (χ4n) is 1.58. The zero-order valence-electron chi connectivity index (χ0n) is 9.85. The second kappa shape index (κ2) is 5.98. The van der Waals surface area contributed by atoms with Crippen LogP contribution in [0.2, 0.25) is 5.02 Å². The van der Waals surface area contributed by atoms with Gasteiger partial charge in [0.05, 0.1) is 28.4 Å². The number of rotatable bonds is 5. The topological polar surface area (TPSA) is 39.2 Å². The molecule has 0 aliphatic heterocycles. The van der Waals surface area contributed by atoms with Crippen molar-refractivity contribution in [3.63, 3.8) is 0 Å². The molecule has 0 bridgehead atoms. The predicted octanol–water partition coefficient (Wildman–Crippen LogP) is 3.54. The molecule has 2 rings (SSSR count). The van der Waals surface area contributed by atoms with Gasteiger partial charge in [-0.05, 0) is 19.1 Å². The number of halogens is 1. The lowest BCUT2D eigenvalue weighted by Crippen LogP contribution is -2.03. The Balaban J connectivity index is 2.01. The lowest BCUT2D eigenvalue weighted by atomic mass is 10.2. The molecule has 0 spiro atoms. The third kappa shape index (κ3) is 2.89. The molecule has 0 saturated heterocycles. The van der Waals surface area contributed by atoms with Gasteiger partial charge in [-0.2, -0.15) is 0 Å². The number of aldehydes is 1. The van der Waals surface area contributed by atoms with Crippen LogP contribution in [-0.2, 0) is 6.42 Å². The van der Waals surface area contributed by atoms with Gasteiger partial charge in [-0.1, -0.05) is 17.7 Å². The molecular formula is C13H12ClNO2S. The molecule has 0 N–H and O–H groups in total. The minimum absolute atomic E-state index is 0.403. The van der Waals surface area contributed by atoms with Gasteiger partial charge in [0.2, 0.25) is 0 Å². The molecule has 1 aromatic heterocycles. The standard InChI is InChI=1S/C13H12ClNO2S/c1-9-13(18-8-15-9)5-6-17-12-4-2-3-11(14)10(12)7-16/h2-4,7-8H,5-6H2,1H3. The van der Waals surface area contributed by atoms with E-state index in [4.69, 9.17) is 16.3 Å². The molecule has 0 radical (unpaired) electrons. The molecule has 0 saturated carbocycles. The third-order valence-electron chi connectivity index (χ3n) is 2.56. The summed E-state index contributed by atoms with van der Waals surface area (Å²) in [5, 5.41) is 0.413. The van der Waals surface area contributed by atoms with Gasteiger partial charge in [-0.15, -0.1) is 11.3 Å². The highest BCUT2D eigenvalue weighted by Crippen LogP contribution is 2.24. The molecule has 1 aromatic carbocycles. The Kier molecular flexibility index (Phi) is 4.33. The van der Waals surface area contributed by atoms with Crippen LogP contribution in [0.5, 0.6) is 5.75 Å². The molecule has 0 aliphatic carbocycles. The first-order valence-corrected chi connectivity index (χ1v) is 6.73. The summed E-state index contributed by atoms with van der Waals surface area (Å²) in [4.78, 5) is 16.3. The summed E-state index contributed by atoms with van der Waals surface area (Å²) in [6.45, 7) is 2.48. The molecule has 18 heavy (non-hydrogen) atoms. The molecule has 5 heteroatoms. The third-order valence-corrected chi connectivity index (χ3v) is 3.89. The van der Waals surface area contributed by atoms with Gasteiger partial charge in [0, 0.05) is 11.3 Å². The number of hydrogen-bond acceptors (Lipinski definition) is 4. The Morgan fingerprint density at radius 1 is 1.50 bits per heavy atom. The Labute approximate surface area is 114 Å². The number of carbonyl (C=O) groups is 1. The molecule has 0 amide bonds. The number of aryl methyl sites for hydroxylation is 1. The Morgan fingerprint density at radius 3 is 3.00 bits per heavy atom. The van der Waals surface area contributed by atoms with Crippen molar-refractivity contribution in [1.29, 1.82) is 0 Å². The van der Waals surface area contributed by atoms with E-state index in [1.807, 2.05) is 12.4 Å². The number of thiazole rings is 1. The van der Waals surface area contributed by atoms with Gasteiger partial charge >= 0.3 is 0 Å². The number of ether oxygens (including phenoxy) is 1. The van der Waals surface area contributed by atoms with E-state index in [2.05, 4.69) is 4.98 Å². The first-order valence-electron chi connectivity index (χ1n) is 5.48. The van der Waals surface area contributed by atoms with E-state index in [9.17, 15) is 4.79 Å². The number of carbonyl (C=O) groups excluding carboxylic acids is 1.